The molecule has 276 valence electrons. The van der Waals surface area contributed by atoms with Crippen LogP contribution >= 0.6 is 0 Å². The van der Waals surface area contributed by atoms with Gasteiger partial charge in [-0.3, -0.25) is 9.59 Å². The van der Waals surface area contributed by atoms with Crippen molar-refractivity contribution < 1.29 is 24.5 Å². The van der Waals surface area contributed by atoms with E-state index in [9.17, 15) is 19.8 Å². The number of aliphatic hydroxyl groups is 2. The van der Waals surface area contributed by atoms with Crippen molar-refractivity contribution in [1.82, 2.24) is 10.2 Å². The second-order valence-corrected chi connectivity index (χ2v) is 18.5. The quantitative estimate of drug-likeness (QED) is 0.299. The maximum atomic E-state index is 14.4. The average molecular weight is 698 g/mol. The molecule has 5 aliphatic carbocycles. The number of fused-ring (bicyclic) bond motifs is 4. The van der Waals surface area contributed by atoms with E-state index in [1.807, 2.05) is 60.7 Å². The van der Waals surface area contributed by atoms with Crippen molar-refractivity contribution in [2.75, 3.05) is 0 Å². The summed E-state index contributed by atoms with van der Waals surface area (Å²) in [5.41, 5.74) is 8.75. The van der Waals surface area contributed by atoms with Crippen LogP contribution in [0.25, 0.3) is 0 Å². The zero-order valence-electron chi connectivity index (χ0n) is 31.2. The Labute approximate surface area is 303 Å². The van der Waals surface area contributed by atoms with E-state index in [-0.39, 0.29) is 63.9 Å². The Bertz CT molecular complexity index is 1650. The van der Waals surface area contributed by atoms with E-state index in [0.29, 0.717) is 18.9 Å². The third-order valence-electron chi connectivity index (χ3n) is 16.2. The molecule has 1 saturated heterocycles. The molecule has 1 heterocycles. The molecule has 51 heavy (non-hydrogen) atoms. The highest BCUT2D eigenvalue weighted by Gasteiger charge is 2.85. The van der Waals surface area contributed by atoms with Crippen molar-refractivity contribution in [2.45, 2.75) is 135 Å². The molecule has 8 nitrogen and oxygen atoms in total. The van der Waals surface area contributed by atoms with Gasteiger partial charge in [0.2, 0.25) is 11.8 Å². The normalized spacial score (nSPS) is 43.7. The molecule has 0 bridgehead atoms. The van der Waals surface area contributed by atoms with Crippen molar-refractivity contribution in [2.24, 2.45) is 51.1 Å². The summed E-state index contributed by atoms with van der Waals surface area (Å²) in [5, 5.41) is 26.9. The lowest BCUT2D eigenvalue weighted by Crippen LogP contribution is -2.70. The molecule has 8 rings (SSSR count). The topological polar surface area (TPSA) is 125 Å². The van der Waals surface area contributed by atoms with E-state index >= 15 is 0 Å². The first kappa shape index (κ1) is 35.3. The molecule has 2 aromatic rings. The highest BCUT2D eigenvalue weighted by molar-refractivity contribution is 5.87. The minimum Gasteiger partial charge on any atom is -0.393 e. The number of rotatable bonds is 7. The molecule has 2 amide bonds. The Morgan fingerprint density at radius 1 is 0.922 bits per heavy atom. The second kappa shape index (κ2) is 12.1. The van der Waals surface area contributed by atoms with E-state index in [4.69, 9.17) is 10.5 Å². The molecule has 6 aliphatic rings. The van der Waals surface area contributed by atoms with Crippen LogP contribution in [0, 0.1) is 45.3 Å². The molecule has 0 aromatic heterocycles. The molecule has 5 N–H and O–H groups in total. The lowest BCUT2D eigenvalue weighted by Gasteiger charge is -2.63. The Morgan fingerprint density at radius 3 is 2.22 bits per heavy atom. The maximum Gasteiger partial charge on any atom is 0.245 e. The summed E-state index contributed by atoms with van der Waals surface area (Å²) < 4.78 is 7.08. The van der Waals surface area contributed by atoms with Gasteiger partial charge in [0.05, 0.1) is 30.0 Å². The largest absolute Gasteiger partial charge is 0.393 e. The van der Waals surface area contributed by atoms with Gasteiger partial charge < -0.3 is 30.9 Å². The zero-order chi connectivity index (χ0) is 36.1. The van der Waals surface area contributed by atoms with Gasteiger partial charge in [0, 0.05) is 20.0 Å². The number of amides is 2. The van der Waals surface area contributed by atoms with Gasteiger partial charge in [-0.05, 0) is 108 Å². The number of benzene rings is 2. The van der Waals surface area contributed by atoms with Crippen molar-refractivity contribution >= 4 is 11.8 Å². The van der Waals surface area contributed by atoms with Crippen LogP contribution in [0.4, 0.5) is 0 Å². The summed E-state index contributed by atoms with van der Waals surface area (Å²) >= 11 is 0. The van der Waals surface area contributed by atoms with Crippen LogP contribution in [-0.2, 0) is 27.4 Å². The van der Waals surface area contributed by atoms with Crippen molar-refractivity contribution in [3.8, 4) is 0 Å². The van der Waals surface area contributed by atoms with Crippen LogP contribution < -0.4 is 11.1 Å². The molecule has 6 fully saturated rings. The third kappa shape index (κ3) is 4.91. The number of nitrogens with zero attached hydrogens (tertiary/aromatic N) is 1. The van der Waals surface area contributed by atoms with Gasteiger partial charge >= 0.3 is 0 Å². The molecule has 1 aliphatic heterocycles. The molecular formula is C43H59N3O5. The Kier molecular flexibility index (Phi) is 8.38. The van der Waals surface area contributed by atoms with Crippen LogP contribution in [0.5, 0.6) is 0 Å². The van der Waals surface area contributed by atoms with E-state index in [2.05, 4.69) is 33.0 Å². The van der Waals surface area contributed by atoms with Crippen LogP contribution in [0.2, 0.25) is 0 Å². The Morgan fingerprint density at radius 2 is 1.55 bits per heavy atom. The SMILES string of the molecule is CC(=O)N(Cc1ccccc1)C(C(=O)NCc1ccccc1)C1CC(C)C2C(O1)C(O)C1(N)C3CCC4C(C)(C)C(O)CCC45CC35CCC21C. The summed E-state index contributed by atoms with van der Waals surface area (Å²) in [6, 6.07) is 18.7. The summed E-state index contributed by atoms with van der Waals surface area (Å²) in [4.78, 5) is 29.5. The van der Waals surface area contributed by atoms with Gasteiger partial charge in [-0.1, -0.05) is 88.4 Å². The van der Waals surface area contributed by atoms with E-state index < -0.39 is 29.9 Å². The number of ether oxygens (including phenoxy) is 1. The highest BCUT2D eigenvalue weighted by atomic mass is 16.5. The second-order valence-electron chi connectivity index (χ2n) is 18.5. The summed E-state index contributed by atoms with van der Waals surface area (Å²) in [5.74, 6) is 0.359. The summed E-state index contributed by atoms with van der Waals surface area (Å²) in [6.45, 7) is 11.3. The van der Waals surface area contributed by atoms with E-state index in [1.54, 1.807) is 4.90 Å². The number of hydrogen-bond donors (Lipinski definition) is 4. The van der Waals surface area contributed by atoms with E-state index in [0.717, 1.165) is 56.1 Å². The number of aliphatic hydroxyl groups excluding tert-OH is 2. The van der Waals surface area contributed by atoms with Gasteiger partial charge in [-0.2, -0.15) is 0 Å². The van der Waals surface area contributed by atoms with Gasteiger partial charge in [0.15, 0.2) is 0 Å². The number of carbonyl (C=O) groups excluding carboxylic acids is 2. The van der Waals surface area contributed by atoms with Crippen LogP contribution in [0.1, 0.15) is 97.1 Å². The minimum atomic E-state index is -0.885. The molecule has 2 spiro atoms. The fourth-order valence-corrected chi connectivity index (χ4v) is 13.7. The average Bonchev–Trinajstić information content (AvgIpc) is 3.74. The van der Waals surface area contributed by atoms with Crippen molar-refractivity contribution in [3.05, 3.63) is 71.8 Å². The molecule has 5 saturated carbocycles. The minimum absolute atomic E-state index is 0.0380. The number of nitrogens with one attached hydrogen (secondary N) is 1. The lowest BCUT2D eigenvalue weighted by molar-refractivity contribution is -0.174. The molecule has 2 aromatic carbocycles. The Balaban J connectivity index is 1.11. The van der Waals surface area contributed by atoms with Crippen LogP contribution in [0.3, 0.4) is 0 Å². The summed E-state index contributed by atoms with van der Waals surface area (Å²) in [6.07, 6.45) is 5.38. The highest BCUT2D eigenvalue weighted by Crippen LogP contribution is 2.87. The monoisotopic (exact) mass is 697 g/mol. The van der Waals surface area contributed by atoms with Gasteiger partial charge in [0.25, 0.3) is 0 Å². The third-order valence-corrected chi connectivity index (χ3v) is 16.2. The summed E-state index contributed by atoms with van der Waals surface area (Å²) in [7, 11) is 0. The number of nitrogens with two attached hydrogens (primary N) is 1. The first-order chi connectivity index (χ1) is 24.2. The standard InChI is InChI=1S/C43H59N3O5/c1-26-22-30(35(38(50)45-23-28-12-8-6-9-13-28)46(27(2)47)24-29-14-10-7-11-15-29)51-36-34(26)40(5)20-21-42-25-41(42)19-18-33(48)39(3,4)31(41)16-17-32(42)43(40,44)37(36)49/h6-15,26,30-37,48-49H,16-25,44H2,1-5H3,(H,45,50). The van der Waals surface area contributed by atoms with Crippen LogP contribution in [-0.4, -0.2) is 62.9 Å². The fraction of sp³-hybridized carbons (Fsp3) is 0.674. The number of carbonyl (C=O) groups is 2. The van der Waals surface area contributed by atoms with Gasteiger partial charge in [-0.15, -0.1) is 0 Å². The first-order valence-corrected chi connectivity index (χ1v) is 19.6. The molecular weight excluding hydrogens is 638 g/mol. The Hall–Kier alpha value is -2.78. The van der Waals surface area contributed by atoms with Gasteiger partial charge in [0.1, 0.15) is 6.04 Å². The smallest absolute Gasteiger partial charge is 0.245 e. The molecule has 13 atom stereocenters. The van der Waals surface area contributed by atoms with Gasteiger partial charge in [-0.25, -0.2) is 0 Å². The predicted octanol–water partition coefficient (Wildman–Crippen LogP) is 5.59. The fourth-order valence-electron chi connectivity index (χ4n) is 13.7. The zero-order valence-corrected chi connectivity index (χ0v) is 31.2. The first-order valence-electron chi connectivity index (χ1n) is 19.6. The number of hydrogen-bond acceptors (Lipinski definition) is 6. The predicted molar refractivity (Wildman–Crippen MR) is 196 cm³/mol. The van der Waals surface area contributed by atoms with Crippen molar-refractivity contribution in [1.29, 1.82) is 0 Å². The molecule has 0 radical (unpaired) electrons. The molecule has 8 heteroatoms. The van der Waals surface area contributed by atoms with E-state index in [1.165, 1.54) is 6.92 Å². The lowest BCUT2D eigenvalue weighted by atomic mass is 9.43. The van der Waals surface area contributed by atoms with Crippen LogP contribution in [0.15, 0.2) is 60.7 Å². The van der Waals surface area contributed by atoms with Crippen molar-refractivity contribution in [3.63, 3.8) is 0 Å². The molecule has 13 unspecified atom stereocenters. The maximum absolute atomic E-state index is 14.4.